The van der Waals surface area contributed by atoms with Crippen LogP contribution in [0.3, 0.4) is 0 Å². The highest BCUT2D eigenvalue weighted by Crippen LogP contribution is 2.29. The van der Waals surface area contributed by atoms with Gasteiger partial charge in [-0.05, 0) is 85.6 Å². The third kappa shape index (κ3) is 16.3. The van der Waals surface area contributed by atoms with Crippen molar-refractivity contribution in [2.75, 3.05) is 26.4 Å². The Bertz CT molecular complexity index is 1120. The Kier molecular flexibility index (Phi) is 19.1. The number of carbonyl (C=O) groups excluding carboxylic acids is 1. The molecule has 0 bridgehead atoms. The summed E-state index contributed by atoms with van der Waals surface area (Å²) in [5.41, 5.74) is 4.25. The van der Waals surface area contributed by atoms with E-state index in [-0.39, 0.29) is 5.78 Å². The average Bonchev–Trinajstić information content (AvgIpc) is 3.05. The third-order valence-electron chi connectivity index (χ3n) is 8.58. The highest BCUT2D eigenvalue weighted by molar-refractivity contribution is 6.02. The Labute approximate surface area is 272 Å². The van der Waals surface area contributed by atoms with Crippen LogP contribution in [-0.2, 0) is 4.79 Å². The van der Waals surface area contributed by atoms with Crippen molar-refractivity contribution in [1.82, 2.24) is 0 Å². The van der Waals surface area contributed by atoms with Gasteiger partial charge in [-0.1, -0.05) is 113 Å². The number of carbonyl (C=O) groups is 1. The van der Waals surface area contributed by atoms with Crippen LogP contribution in [0.2, 0.25) is 0 Å². The molecule has 1 aliphatic carbocycles. The van der Waals surface area contributed by atoms with E-state index in [4.69, 9.17) is 19.7 Å². The van der Waals surface area contributed by atoms with Crippen molar-refractivity contribution in [1.29, 1.82) is 0 Å². The number of ether oxygens (including phenoxy) is 2. The van der Waals surface area contributed by atoms with Crippen molar-refractivity contribution < 1.29 is 24.5 Å². The monoisotopic (exact) mass is 618 g/mol. The second kappa shape index (κ2) is 23.4. The fraction of sp³-hybridized carbons (Fsp3) is 0.575. The van der Waals surface area contributed by atoms with Crippen LogP contribution < -0.4 is 9.47 Å². The number of rotatable bonds is 24. The van der Waals surface area contributed by atoms with Crippen LogP contribution in [0.4, 0.5) is 0 Å². The van der Waals surface area contributed by atoms with Gasteiger partial charge in [0.2, 0.25) is 0 Å². The molecule has 2 aromatic carbocycles. The molecule has 5 heteroatoms. The highest BCUT2D eigenvalue weighted by Gasteiger charge is 2.18. The molecule has 0 radical (unpaired) electrons. The molecule has 2 N–H and O–H groups in total. The molecular formula is C40H58O5. The number of allylic oxidation sites excluding steroid dienone is 2. The third-order valence-corrected chi connectivity index (χ3v) is 8.58. The molecular weight excluding hydrogens is 560 g/mol. The molecule has 1 fully saturated rings. The van der Waals surface area contributed by atoms with E-state index < -0.39 is 0 Å². The van der Waals surface area contributed by atoms with E-state index in [9.17, 15) is 4.79 Å². The van der Waals surface area contributed by atoms with Crippen molar-refractivity contribution in [3.63, 3.8) is 0 Å². The minimum absolute atomic E-state index is 0.214. The van der Waals surface area contributed by atoms with Gasteiger partial charge in [-0.25, -0.2) is 0 Å². The standard InChI is InChI=1S/C40H58O5/c41-27-13-9-5-1-3-7-11-15-29-44-38-23-18-34(19-24-38)31-36-17-22-37(40(43)33-36)32-35-20-25-39(26-21-35)45-30-16-12-8-4-2-6-10-14-28-42/h18-21,23-26,31-32,41-42H,1-17,22,27-30,33H2/b36-31-,37-32-. The van der Waals surface area contributed by atoms with Crippen LogP contribution in [0.5, 0.6) is 11.5 Å². The molecule has 45 heavy (non-hydrogen) atoms. The Morgan fingerprint density at radius 2 is 0.911 bits per heavy atom. The maximum Gasteiger partial charge on any atom is 0.162 e. The van der Waals surface area contributed by atoms with Gasteiger partial charge in [0.1, 0.15) is 11.5 Å². The van der Waals surface area contributed by atoms with Gasteiger partial charge in [0.05, 0.1) is 13.2 Å². The average molecular weight is 619 g/mol. The topological polar surface area (TPSA) is 76.0 Å². The van der Waals surface area contributed by atoms with E-state index in [1.54, 1.807) is 0 Å². The van der Waals surface area contributed by atoms with Gasteiger partial charge in [-0.15, -0.1) is 0 Å². The quantitative estimate of drug-likeness (QED) is 0.0905. The summed E-state index contributed by atoms with van der Waals surface area (Å²) in [6.07, 6.45) is 25.0. The molecule has 0 spiro atoms. The van der Waals surface area contributed by atoms with Gasteiger partial charge < -0.3 is 19.7 Å². The first kappa shape index (κ1) is 36.6. The minimum Gasteiger partial charge on any atom is -0.494 e. The van der Waals surface area contributed by atoms with Gasteiger partial charge in [0, 0.05) is 19.6 Å². The molecule has 0 aromatic heterocycles. The van der Waals surface area contributed by atoms with Crippen molar-refractivity contribution >= 4 is 17.9 Å². The predicted molar refractivity (Wildman–Crippen MR) is 187 cm³/mol. The van der Waals surface area contributed by atoms with Crippen LogP contribution in [0.1, 0.15) is 133 Å². The summed E-state index contributed by atoms with van der Waals surface area (Å²) in [5, 5.41) is 17.7. The zero-order valence-electron chi connectivity index (χ0n) is 27.7. The number of aliphatic hydroxyl groups is 2. The Morgan fingerprint density at radius 1 is 0.511 bits per heavy atom. The first-order valence-corrected chi connectivity index (χ1v) is 17.8. The lowest BCUT2D eigenvalue weighted by atomic mass is 9.87. The molecule has 0 unspecified atom stereocenters. The molecule has 0 aliphatic heterocycles. The Balaban J connectivity index is 1.30. The number of benzene rings is 2. The molecule has 1 saturated carbocycles. The Hall–Kier alpha value is -2.89. The van der Waals surface area contributed by atoms with Crippen LogP contribution in [-0.4, -0.2) is 42.4 Å². The fourth-order valence-corrected chi connectivity index (χ4v) is 5.81. The largest absolute Gasteiger partial charge is 0.494 e. The van der Waals surface area contributed by atoms with Crippen molar-refractivity contribution in [3.8, 4) is 11.5 Å². The molecule has 1 aliphatic rings. The summed E-state index contributed by atoms with van der Waals surface area (Å²) in [6.45, 7) is 2.12. The van der Waals surface area contributed by atoms with Crippen LogP contribution in [0, 0.1) is 0 Å². The van der Waals surface area contributed by atoms with E-state index in [0.29, 0.717) is 19.6 Å². The fourth-order valence-electron chi connectivity index (χ4n) is 5.81. The molecule has 5 nitrogen and oxygen atoms in total. The first-order valence-electron chi connectivity index (χ1n) is 17.8. The summed E-state index contributed by atoms with van der Waals surface area (Å²) >= 11 is 0. The summed E-state index contributed by atoms with van der Waals surface area (Å²) in [4.78, 5) is 12.9. The predicted octanol–water partition coefficient (Wildman–Crippen LogP) is 9.89. The van der Waals surface area contributed by atoms with Crippen LogP contribution in [0.15, 0.2) is 59.7 Å². The lowest BCUT2D eigenvalue weighted by molar-refractivity contribution is -0.115. The van der Waals surface area contributed by atoms with Crippen molar-refractivity contribution in [2.45, 2.75) is 122 Å². The number of Topliss-reactive ketones (excluding diaryl/α,β-unsaturated/α-hetero) is 1. The van der Waals surface area contributed by atoms with E-state index in [2.05, 4.69) is 18.2 Å². The highest BCUT2D eigenvalue weighted by atomic mass is 16.5. The summed E-state index contributed by atoms with van der Waals surface area (Å²) in [5.74, 6) is 2.00. The summed E-state index contributed by atoms with van der Waals surface area (Å²) in [7, 11) is 0. The minimum atomic E-state index is 0.214. The number of hydrogen-bond acceptors (Lipinski definition) is 5. The maximum atomic E-state index is 12.9. The Morgan fingerprint density at radius 3 is 1.33 bits per heavy atom. The van der Waals surface area contributed by atoms with Crippen molar-refractivity contribution in [2.24, 2.45) is 0 Å². The van der Waals surface area contributed by atoms with Gasteiger partial charge in [-0.2, -0.15) is 0 Å². The van der Waals surface area contributed by atoms with Crippen molar-refractivity contribution in [3.05, 3.63) is 70.8 Å². The zero-order chi connectivity index (χ0) is 31.8. The van der Waals surface area contributed by atoms with Gasteiger partial charge in [0.15, 0.2) is 5.78 Å². The summed E-state index contributed by atoms with van der Waals surface area (Å²) < 4.78 is 11.9. The van der Waals surface area contributed by atoms with E-state index in [1.807, 2.05) is 42.5 Å². The maximum absolute atomic E-state index is 12.9. The number of unbranched alkanes of at least 4 members (excludes halogenated alkanes) is 14. The number of ketones is 1. The smallest absolute Gasteiger partial charge is 0.162 e. The molecule has 0 amide bonds. The van der Waals surface area contributed by atoms with E-state index >= 15 is 0 Å². The van der Waals surface area contributed by atoms with E-state index in [0.717, 1.165) is 92.8 Å². The molecule has 248 valence electrons. The second-order valence-electron chi connectivity index (χ2n) is 12.5. The molecule has 3 rings (SSSR count). The second-order valence-corrected chi connectivity index (χ2v) is 12.5. The normalized spacial score (nSPS) is 15.2. The zero-order valence-corrected chi connectivity index (χ0v) is 27.7. The molecule has 2 aromatic rings. The lowest BCUT2D eigenvalue weighted by Crippen LogP contribution is -2.10. The van der Waals surface area contributed by atoms with Gasteiger partial charge >= 0.3 is 0 Å². The van der Waals surface area contributed by atoms with Gasteiger partial charge in [-0.3, -0.25) is 4.79 Å². The SMILES string of the molecule is O=C1C/C(=C\c2ccc(OCCCCCCCCCCO)cc2)CC/C1=C/c1ccc(OCCCCCCCCCCO)cc1. The van der Waals surface area contributed by atoms with Crippen LogP contribution >= 0.6 is 0 Å². The van der Waals surface area contributed by atoms with Gasteiger partial charge in [0.25, 0.3) is 0 Å². The number of aliphatic hydroxyl groups excluding tert-OH is 2. The summed E-state index contributed by atoms with van der Waals surface area (Å²) in [6, 6.07) is 16.3. The lowest BCUT2D eigenvalue weighted by Gasteiger charge is -2.17. The number of hydrogen-bond donors (Lipinski definition) is 2. The van der Waals surface area contributed by atoms with E-state index in [1.165, 1.54) is 69.8 Å². The van der Waals surface area contributed by atoms with Crippen LogP contribution in [0.25, 0.3) is 12.2 Å². The molecule has 0 heterocycles. The first-order chi connectivity index (χ1) is 22.2. The molecule has 0 atom stereocenters. The molecule has 0 saturated heterocycles.